The molecule has 5 heteroatoms. The molecular formula is C14H20N2O3. The van der Waals surface area contributed by atoms with Crippen molar-refractivity contribution in [2.75, 3.05) is 20.3 Å². The fourth-order valence-electron chi connectivity index (χ4n) is 2.20. The normalized spacial score (nSPS) is 13.3. The van der Waals surface area contributed by atoms with Gasteiger partial charge in [0.05, 0.1) is 6.61 Å². The molecule has 5 nitrogen and oxygen atoms in total. The van der Waals surface area contributed by atoms with Crippen LogP contribution in [0.4, 0.5) is 0 Å². The highest BCUT2D eigenvalue weighted by Crippen LogP contribution is 2.18. The van der Waals surface area contributed by atoms with Gasteiger partial charge in [0, 0.05) is 26.1 Å². The summed E-state index contributed by atoms with van der Waals surface area (Å²) in [4.78, 5) is 6.34. The molecule has 0 saturated heterocycles. The number of oxazole rings is 1. The van der Waals surface area contributed by atoms with Crippen molar-refractivity contribution < 1.29 is 14.6 Å². The lowest BCUT2D eigenvalue weighted by Crippen LogP contribution is -2.35. The smallest absolute Gasteiger partial charge is 0.192 e. The first-order valence-corrected chi connectivity index (χ1v) is 6.42. The third-order valence-corrected chi connectivity index (χ3v) is 3.29. The van der Waals surface area contributed by atoms with Crippen LogP contribution in [0.3, 0.4) is 0 Å². The number of nitrogens with zero attached hydrogens (tertiary/aromatic N) is 2. The Morgan fingerprint density at radius 2 is 2.16 bits per heavy atom. The second kappa shape index (κ2) is 6.14. The van der Waals surface area contributed by atoms with Crippen molar-refractivity contribution in [2.45, 2.75) is 25.9 Å². The van der Waals surface area contributed by atoms with Crippen LogP contribution < -0.4 is 0 Å². The summed E-state index contributed by atoms with van der Waals surface area (Å²) in [5.41, 5.74) is 2.75. The topological polar surface area (TPSA) is 69.7 Å². The Labute approximate surface area is 112 Å². The first-order chi connectivity index (χ1) is 9.13. The van der Waals surface area contributed by atoms with Crippen LogP contribution in [0, 0.1) is 6.92 Å². The highest BCUT2D eigenvalue weighted by atomic mass is 16.3. The van der Waals surface area contributed by atoms with E-state index in [9.17, 15) is 5.11 Å². The van der Waals surface area contributed by atoms with Gasteiger partial charge in [-0.2, -0.15) is 0 Å². The lowest BCUT2D eigenvalue weighted by atomic mass is 10.1. The third-order valence-electron chi connectivity index (χ3n) is 3.29. The number of aromatic nitrogens is 1. The molecule has 2 aromatic rings. The van der Waals surface area contributed by atoms with E-state index in [-0.39, 0.29) is 19.3 Å². The largest absolute Gasteiger partial charge is 0.441 e. The van der Waals surface area contributed by atoms with Gasteiger partial charge in [-0.25, -0.2) is 4.98 Å². The van der Waals surface area contributed by atoms with Crippen molar-refractivity contribution in [3.63, 3.8) is 0 Å². The van der Waals surface area contributed by atoms with Crippen LogP contribution in [0.5, 0.6) is 0 Å². The molecule has 1 aromatic carbocycles. The van der Waals surface area contributed by atoms with Crippen molar-refractivity contribution in [2.24, 2.45) is 0 Å². The SMILES string of the molecule is Cc1nc2cc(CN(C)C(CO)CCO)ccc2o1. The summed E-state index contributed by atoms with van der Waals surface area (Å²) in [6.07, 6.45) is 0.568. The zero-order valence-electron chi connectivity index (χ0n) is 11.3. The molecule has 1 atom stereocenters. The number of fused-ring (bicyclic) bond motifs is 1. The quantitative estimate of drug-likeness (QED) is 0.823. The van der Waals surface area contributed by atoms with Gasteiger partial charge in [0.15, 0.2) is 11.5 Å². The minimum atomic E-state index is -0.0280. The average Bonchev–Trinajstić information content (AvgIpc) is 2.75. The van der Waals surface area contributed by atoms with E-state index in [0.29, 0.717) is 18.9 Å². The second-order valence-electron chi connectivity index (χ2n) is 4.80. The number of aliphatic hydroxyl groups excluding tert-OH is 2. The number of benzene rings is 1. The van der Waals surface area contributed by atoms with Crippen molar-refractivity contribution in [3.8, 4) is 0 Å². The van der Waals surface area contributed by atoms with Gasteiger partial charge in [-0.1, -0.05) is 6.07 Å². The Hall–Kier alpha value is -1.43. The lowest BCUT2D eigenvalue weighted by Gasteiger charge is -2.25. The van der Waals surface area contributed by atoms with E-state index in [4.69, 9.17) is 9.52 Å². The summed E-state index contributed by atoms with van der Waals surface area (Å²) < 4.78 is 5.44. The zero-order chi connectivity index (χ0) is 13.8. The number of rotatable bonds is 6. The molecule has 1 unspecified atom stereocenters. The molecule has 0 aliphatic carbocycles. The molecule has 0 saturated carbocycles. The van der Waals surface area contributed by atoms with Gasteiger partial charge in [0.2, 0.25) is 0 Å². The maximum absolute atomic E-state index is 9.30. The van der Waals surface area contributed by atoms with Crippen LogP contribution in [0.1, 0.15) is 17.9 Å². The molecule has 2 rings (SSSR count). The molecule has 19 heavy (non-hydrogen) atoms. The summed E-state index contributed by atoms with van der Waals surface area (Å²) in [5.74, 6) is 0.661. The molecular weight excluding hydrogens is 244 g/mol. The molecule has 0 aliphatic rings. The molecule has 1 heterocycles. The first-order valence-electron chi connectivity index (χ1n) is 6.42. The fraction of sp³-hybridized carbons (Fsp3) is 0.500. The van der Waals surface area contributed by atoms with Gasteiger partial charge < -0.3 is 14.6 Å². The average molecular weight is 264 g/mol. The molecule has 0 fully saturated rings. The van der Waals surface area contributed by atoms with E-state index in [1.54, 1.807) is 0 Å². The van der Waals surface area contributed by atoms with Crippen LogP contribution in [-0.4, -0.2) is 46.4 Å². The summed E-state index contributed by atoms with van der Waals surface area (Å²) in [7, 11) is 1.94. The number of hydrogen-bond donors (Lipinski definition) is 2. The minimum Gasteiger partial charge on any atom is -0.441 e. The van der Waals surface area contributed by atoms with E-state index in [0.717, 1.165) is 16.7 Å². The predicted molar refractivity (Wildman–Crippen MR) is 72.8 cm³/mol. The Kier molecular flexibility index (Phi) is 4.52. The van der Waals surface area contributed by atoms with Gasteiger partial charge in [-0.05, 0) is 31.2 Å². The third kappa shape index (κ3) is 3.32. The molecule has 0 radical (unpaired) electrons. The van der Waals surface area contributed by atoms with Crippen molar-refractivity contribution >= 4 is 11.1 Å². The molecule has 1 aromatic heterocycles. The summed E-state index contributed by atoms with van der Waals surface area (Å²) in [6, 6.07) is 5.88. The highest BCUT2D eigenvalue weighted by Gasteiger charge is 2.14. The standard InChI is InChI=1S/C14H20N2O3/c1-10-15-13-7-11(3-4-14(13)19-10)8-16(2)12(9-18)5-6-17/h3-4,7,12,17-18H,5-6,8-9H2,1-2H3. The lowest BCUT2D eigenvalue weighted by molar-refractivity contribution is 0.115. The summed E-state index contributed by atoms with van der Waals surface area (Å²) >= 11 is 0. The molecule has 0 spiro atoms. The van der Waals surface area contributed by atoms with Crippen LogP contribution >= 0.6 is 0 Å². The van der Waals surface area contributed by atoms with Crippen LogP contribution in [0.2, 0.25) is 0 Å². The minimum absolute atomic E-state index is 0.0280. The van der Waals surface area contributed by atoms with Gasteiger partial charge in [0.25, 0.3) is 0 Å². The zero-order valence-corrected chi connectivity index (χ0v) is 11.3. The van der Waals surface area contributed by atoms with Gasteiger partial charge in [-0.3, -0.25) is 4.90 Å². The molecule has 0 amide bonds. The van der Waals surface area contributed by atoms with Crippen LogP contribution in [0.15, 0.2) is 22.6 Å². The fourth-order valence-corrected chi connectivity index (χ4v) is 2.20. The van der Waals surface area contributed by atoms with Gasteiger partial charge in [0.1, 0.15) is 5.52 Å². The van der Waals surface area contributed by atoms with E-state index in [1.165, 1.54) is 0 Å². The van der Waals surface area contributed by atoms with E-state index in [1.807, 2.05) is 37.1 Å². The Morgan fingerprint density at radius 1 is 1.37 bits per heavy atom. The summed E-state index contributed by atoms with van der Waals surface area (Å²) in [6.45, 7) is 2.65. The molecule has 0 aliphatic heterocycles. The van der Waals surface area contributed by atoms with Crippen LogP contribution in [0.25, 0.3) is 11.1 Å². The summed E-state index contributed by atoms with van der Waals surface area (Å²) in [5, 5.41) is 18.3. The van der Waals surface area contributed by atoms with Crippen molar-refractivity contribution in [3.05, 3.63) is 29.7 Å². The molecule has 104 valence electrons. The number of aliphatic hydroxyl groups is 2. The Morgan fingerprint density at radius 3 is 2.84 bits per heavy atom. The maximum atomic E-state index is 9.30. The molecule has 2 N–H and O–H groups in total. The van der Waals surface area contributed by atoms with Gasteiger partial charge >= 0.3 is 0 Å². The number of hydrogen-bond acceptors (Lipinski definition) is 5. The van der Waals surface area contributed by atoms with Crippen LogP contribution in [-0.2, 0) is 6.54 Å². The maximum Gasteiger partial charge on any atom is 0.192 e. The number of likely N-dealkylation sites (N-methyl/N-ethyl adjacent to an activating group) is 1. The van der Waals surface area contributed by atoms with Crippen molar-refractivity contribution in [1.29, 1.82) is 0 Å². The van der Waals surface area contributed by atoms with Gasteiger partial charge in [-0.15, -0.1) is 0 Å². The monoisotopic (exact) mass is 264 g/mol. The van der Waals surface area contributed by atoms with Crippen molar-refractivity contribution in [1.82, 2.24) is 9.88 Å². The predicted octanol–water partition coefficient (Wildman–Crippen LogP) is 1.31. The second-order valence-corrected chi connectivity index (χ2v) is 4.80. The Balaban J connectivity index is 2.11. The first kappa shape index (κ1) is 14.0. The Bertz CT molecular complexity index is 538. The van der Waals surface area contributed by atoms with E-state index in [2.05, 4.69) is 4.98 Å². The molecule has 0 bridgehead atoms. The highest BCUT2D eigenvalue weighted by molar-refractivity contribution is 5.73. The number of aryl methyl sites for hydroxylation is 1. The van der Waals surface area contributed by atoms with E-state index >= 15 is 0 Å². The van der Waals surface area contributed by atoms with E-state index < -0.39 is 0 Å².